The van der Waals surface area contributed by atoms with Gasteiger partial charge in [-0.25, -0.2) is 4.39 Å². The van der Waals surface area contributed by atoms with Gasteiger partial charge in [0.2, 0.25) is 0 Å². The third-order valence-electron chi connectivity index (χ3n) is 7.04. The lowest BCUT2D eigenvalue weighted by Crippen LogP contribution is -2.47. The zero-order valence-corrected chi connectivity index (χ0v) is 22.3. The number of pyridine rings is 2. The highest BCUT2D eigenvalue weighted by molar-refractivity contribution is 6.01. The van der Waals surface area contributed by atoms with Crippen LogP contribution in [0.2, 0.25) is 0 Å². The van der Waals surface area contributed by atoms with Crippen LogP contribution in [-0.4, -0.2) is 38.7 Å². The highest BCUT2D eigenvalue weighted by Crippen LogP contribution is 2.38. The summed E-state index contributed by atoms with van der Waals surface area (Å²) in [6.07, 6.45) is 5.82. The van der Waals surface area contributed by atoms with Crippen LogP contribution < -0.4 is 10.9 Å². The van der Waals surface area contributed by atoms with Crippen molar-refractivity contribution in [3.63, 3.8) is 0 Å². The van der Waals surface area contributed by atoms with Gasteiger partial charge in [-0.3, -0.25) is 19.4 Å². The number of halogens is 1. The second kappa shape index (κ2) is 10.6. The molecule has 1 amide bonds. The van der Waals surface area contributed by atoms with Crippen LogP contribution in [0.3, 0.4) is 0 Å². The number of amides is 1. The molecule has 9 heteroatoms. The fraction of sp³-hybridized carbons (Fsp3) is 0.448. The maximum Gasteiger partial charge on any atom is 0.314 e. The second-order valence-electron chi connectivity index (χ2n) is 11.1. The third kappa shape index (κ3) is 5.71. The maximum atomic E-state index is 13.2. The number of hydrogen-bond donors (Lipinski definition) is 2. The Balaban J connectivity index is 1.61. The van der Waals surface area contributed by atoms with Crippen molar-refractivity contribution in [2.24, 2.45) is 12.5 Å². The zero-order chi connectivity index (χ0) is 27.7. The van der Waals surface area contributed by atoms with Gasteiger partial charge in [-0.05, 0) is 69.4 Å². The van der Waals surface area contributed by atoms with Crippen molar-refractivity contribution in [2.45, 2.75) is 64.9 Å². The minimum atomic E-state index is -0.883. The topological polar surface area (TPSA) is 111 Å². The van der Waals surface area contributed by atoms with Crippen molar-refractivity contribution >= 4 is 22.9 Å². The lowest BCUT2D eigenvalue weighted by atomic mass is 9.73. The highest BCUT2D eigenvalue weighted by atomic mass is 19.1. The number of rotatable bonds is 6. The number of ether oxygens (including phenoxy) is 1. The van der Waals surface area contributed by atoms with E-state index in [0.717, 1.165) is 30.4 Å². The molecule has 2 aromatic heterocycles. The Labute approximate surface area is 220 Å². The third-order valence-corrected chi connectivity index (χ3v) is 7.04. The average Bonchev–Trinajstić information content (AvgIpc) is 2.87. The molecule has 4 rings (SSSR count). The molecular formula is C29H34FN3O5. The Bertz CT molecular complexity index is 1420. The summed E-state index contributed by atoms with van der Waals surface area (Å²) in [6, 6.07) is 7.79. The van der Waals surface area contributed by atoms with E-state index in [9.17, 15) is 23.9 Å². The first-order valence-electron chi connectivity index (χ1n) is 12.9. The summed E-state index contributed by atoms with van der Waals surface area (Å²) >= 11 is 0. The fourth-order valence-electron chi connectivity index (χ4n) is 4.97. The standard InChI is InChI=1S/C29H34FN3O5/c1-28(2,3)38-27(37)29(12-6-5-7-13-29)17-32-25(35)22-24(34)23-21(33(4)26(22)36)15-19(16-31-23)14-18-8-10-20(30)11-9-18/h8-11,15-16,34H,5-7,12-14,17H2,1-4H3,(H,32,35). The Morgan fingerprint density at radius 1 is 1.13 bits per heavy atom. The van der Waals surface area contributed by atoms with Crippen LogP contribution >= 0.6 is 0 Å². The molecule has 1 aliphatic rings. The molecule has 0 radical (unpaired) electrons. The molecule has 1 fully saturated rings. The lowest BCUT2D eigenvalue weighted by Gasteiger charge is -2.37. The molecule has 3 aromatic rings. The summed E-state index contributed by atoms with van der Waals surface area (Å²) in [7, 11) is 1.51. The van der Waals surface area contributed by atoms with E-state index in [1.165, 1.54) is 23.7 Å². The van der Waals surface area contributed by atoms with Gasteiger partial charge in [0.25, 0.3) is 11.5 Å². The van der Waals surface area contributed by atoms with E-state index in [1.807, 2.05) is 0 Å². The average molecular weight is 524 g/mol. The van der Waals surface area contributed by atoms with Crippen LogP contribution in [0.25, 0.3) is 11.0 Å². The molecular weight excluding hydrogens is 489 g/mol. The first-order valence-corrected chi connectivity index (χ1v) is 12.9. The van der Waals surface area contributed by atoms with Gasteiger partial charge in [-0.2, -0.15) is 0 Å². The van der Waals surface area contributed by atoms with Crippen LogP contribution in [0.5, 0.6) is 5.75 Å². The molecule has 202 valence electrons. The fourth-order valence-corrected chi connectivity index (χ4v) is 4.97. The number of carbonyl (C=O) groups excluding carboxylic acids is 2. The molecule has 0 spiro atoms. The van der Waals surface area contributed by atoms with Crippen molar-refractivity contribution in [3.8, 4) is 5.75 Å². The zero-order valence-electron chi connectivity index (χ0n) is 22.3. The number of fused-ring (bicyclic) bond motifs is 1. The van der Waals surface area contributed by atoms with Crippen molar-refractivity contribution in [2.75, 3.05) is 6.54 Å². The molecule has 1 saturated carbocycles. The summed E-state index contributed by atoms with van der Waals surface area (Å²) in [6.45, 7) is 5.41. The van der Waals surface area contributed by atoms with Gasteiger partial charge < -0.3 is 19.7 Å². The number of aromatic hydroxyl groups is 1. The SMILES string of the molecule is Cn1c(=O)c(C(=O)NCC2(C(=O)OC(C)(C)C)CCCCC2)c(O)c2ncc(Cc3ccc(F)cc3)cc21. The van der Waals surface area contributed by atoms with E-state index in [2.05, 4.69) is 10.3 Å². The Kier molecular flexibility index (Phi) is 7.58. The molecule has 1 aromatic carbocycles. The summed E-state index contributed by atoms with van der Waals surface area (Å²) in [5.41, 5.74) is -0.559. The van der Waals surface area contributed by atoms with Crippen molar-refractivity contribution in [3.05, 3.63) is 69.4 Å². The minimum absolute atomic E-state index is 0.00537. The summed E-state index contributed by atoms with van der Waals surface area (Å²) < 4.78 is 20.2. The van der Waals surface area contributed by atoms with Gasteiger partial charge >= 0.3 is 5.97 Å². The van der Waals surface area contributed by atoms with Gasteiger partial charge in [0.15, 0.2) is 5.75 Å². The van der Waals surface area contributed by atoms with E-state index < -0.39 is 33.8 Å². The molecule has 0 unspecified atom stereocenters. The molecule has 2 heterocycles. The van der Waals surface area contributed by atoms with Gasteiger partial charge in [-0.1, -0.05) is 31.4 Å². The molecule has 0 aliphatic heterocycles. The normalized spacial score (nSPS) is 15.3. The monoisotopic (exact) mass is 523 g/mol. The number of carbonyl (C=O) groups is 2. The molecule has 1 aliphatic carbocycles. The van der Waals surface area contributed by atoms with Crippen molar-refractivity contribution in [1.82, 2.24) is 14.9 Å². The Morgan fingerprint density at radius 2 is 1.79 bits per heavy atom. The molecule has 0 bridgehead atoms. The lowest BCUT2D eigenvalue weighted by molar-refractivity contribution is -0.169. The van der Waals surface area contributed by atoms with Gasteiger partial charge in [0.05, 0.1) is 10.9 Å². The summed E-state index contributed by atoms with van der Waals surface area (Å²) in [4.78, 5) is 43.8. The van der Waals surface area contributed by atoms with Crippen LogP contribution in [-0.2, 0) is 23.0 Å². The number of benzene rings is 1. The van der Waals surface area contributed by atoms with E-state index in [-0.39, 0.29) is 23.8 Å². The highest BCUT2D eigenvalue weighted by Gasteiger charge is 2.43. The van der Waals surface area contributed by atoms with Crippen LogP contribution in [0.4, 0.5) is 4.39 Å². The molecule has 0 saturated heterocycles. The Morgan fingerprint density at radius 3 is 2.42 bits per heavy atom. The number of aromatic nitrogens is 2. The molecule has 38 heavy (non-hydrogen) atoms. The number of esters is 1. The Hall–Kier alpha value is -3.75. The first-order chi connectivity index (χ1) is 17.9. The molecule has 8 nitrogen and oxygen atoms in total. The van der Waals surface area contributed by atoms with E-state index in [4.69, 9.17) is 4.74 Å². The summed E-state index contributed by atoms with van der Waals surface area (Å²) in [5.74, 6) is -1.97. The van der Waals surface area contributed by atoms with E-state index in [0.29, 0.717) is 24.8 Å². The quantitative estimate of drug-likeness (QED) is 0.464. The number of hydrogen-bond acceptors (Lipinski definition) is 6. The number of aryl methyl sites for hydroxylation is 1. The number of nitrogens with zero attached hydrogens (tertiary/aromatic N) is 2. The predicted octanol–water partition coefficient (Wildman–Crippen LogP) is 4.39. The van der Waals surface area contributed by atoms with E-state index >= 15 is 0 Å². The van der Waals surface area contributed by atoms with Crippen LogP contribution in [0.15, 0.2) is 41.3 Å². The maximum absolute atomic E-state index is 13.2. The van der Waals surface area contributed by atoms with Crippen LogP contribution in [0.1, 0.15) is 74.4 Å². The van der Waals surface area contributed by atoms with Crippen molar-refractivity contribution < 1.29 is 23.8 Å². The van der Waals surface area contributed by atoms with Crippen LogP contribution in [0, 0.1) is 11.2 Å². The first kappa shape index (κ1) is 27.3. The van der Waals surface area contributed by atoms with Crippen molar-refractivity contribution in [1.29, 1.82) is 0 Å². The van der Waals surface area contributed by atoms with E-state index in [1.54, 1.807) is 45.2 Å². The van der Waals surface area contributed by atoms with Gasteiger partial charge in [0, 0.05) is 19.8 Å². The predicted molar refractivity (Wildman–Crippen MR) is 142 cm³/mol. The smallest absolute Gasteiger partial charge is 0.314 e. The van der Waals surface area contributed by atoms with Gasteiger partial charge in [0.1, 0.15) is 22.5 Å². The molecule has 2 N–H and O–H groups in total. The summed E-state index contributed by atoms with van der Waals surface area (Å²) in [5, 5.41) is 13.7. The second-order valence-corrected chi connectivity index (χ2v) is 11.1. The molecule has 0 atom stereocenters. The van der Waals surface area contributed by atoms with Gasteiger partial charge in [-0.15, -0.1) is 0 Å². The number of nitrogens with one attached hydrogen (secondary N) is 1. The largest absolute Gasteiger partial charge is 0.505 e. The minimum Gasteiger partial charge on any atom is -0.505 e.